The number of hydrogen-bond donors (Lipinski definition) is 2. The minimum absolute atomic E-state index is 0.0734. The van der Waals surface area contributed by atoms with Crippen LogP contribution in [0.3, 0.4) is 0 Å². The van der Waals surface area contributed by atoms with Crippen LogP contribution in [0.5, 0.6) is 0 Å². The van der Waals surface area contributed by atoms with Gasteiger partial charge in [0, 0.05) is 38.2 Å². The number of piperidine rings is 1. The van der Waals surface area contributed by atoms with Crippen molar-refractivity contribution in [2.75, 3.05) is 18.4 Å². The Morgan fingerprint density at radius 3 is 2.18 bits per heavy atom. The van der Waals surface area contributed by atoms with Gasteiger partial charge in [-0.25, -0.2) is 8.42 Å². The quantitative estimate of drug-likeness (QED) is 0.673. The third-order valence-corrected chi connectivity index (χ3v) is 8.61. The SMILES string of the molecule is CC(=O)Nc1cccc(CNC(=O)C2CCN(S(=O)(=O)c3c(C)c(C)cc(C)c3C)CC2)c1. The van der Waals surface area contributed by atoms with Crippen molar-refractivity contribution < 1.29 is 18.0 Å². The lowest BCUT2D eigenvalue weighted by molar-refractivity contribution is -0.126. The van der Waals surface area contributed by atoms with E-state index in [4.69, 9.17) is 0 Å². The maximum absolute atomic E-state index is 13.4. The van der Waals surface area contributed by atoms with E-state index in [1.165, 1.54) is 11.2 Å². The highest BCUT2D eigenvalue weighted by atomic mass is 32.2. The van der Waals surface area contributed by atoms with Gasteiger partial charge in [-0.1, -0.05) is 18.2 Å². The van der Waals surface area contributed by atoms with Crippen LogP contribution < -0.4 is 10.6 Å². The maximum atomic E-state index is 13.4. The summed E-state index contributed by atoms with van der Waals surface area (Å²) in [5.41, 5.74) is 5.08. The van der Waals surface area contributed by atoms with Gasteiger partial charge >= 0.3 is 0 Å². The van der Waals surface area contributed by atoms with Crippen LogP contribution >= 0.6 is 0 Å². The molecule has 0 radical (unpaired) electrons. The number of carbonyl (C=O) groups excluding carboxylic acids is 2. The topological polar surface area (TPSA) is 95.6 Å². The molecular formula is C25H33N3O4S. The molecule has 0 spiro atoms. The van der Waals surface area contributed by atoms with Crippen molar-refractivity contribution in [1.82, 2.24) is 9.62 Å². The zero-order chi connectivity index (χ0) is 24.3. The predicted molar refractivity (Wildman–Crippen MR) is 129 cm³/mol. The van der Waals surface area contributed by atoms with Crippen molar-refractivity contribution in [2.24, 2.45) is 5.92 Å². The minimum Gasteiger partial charge on any atom is -0.352 e. The van der Waals surface area contributed by atoms with E-state index < -0.39 is 10.0 Å². The monoisotopic (exact) mass is 471 g/mol. The van der Waals surface area contributed by atoms with Gasteiger partial charge in [-0.15, -0.1) is 0 Å². The smallest absolute Gasteiger partial charge is 0.243 e. The van der Waals surface area contributed by atoms with E-state index in [1.807, 2.05) is 52.0 Å². The van der Waals surface area contributed by atoms with Crippen LogP contribution in [0.4, 0.5) is 5.69 Å². The second-order valence-electron chi connectivity index (χ2n) is 8.87. The molecule has 0 atom stereocenters. The molecule has 1 saturated heterocycles. The molecular weight excluding hydrogens is 438 g/mol. The average Bonchev–Trinajstić information content (AvgIpc) is 2.76. The van der Waals surface area contributed by atoms with E-state index in [1.54, 1.807) is 6.07 Å². The molecule has 0 unspecified atom stereocenters. The first kappa shape index (κ1) is 24.9. The Hall–Kier alpha value is -2.71. The summed E-state index contributed by atoms with van der Waals surface area (Å²) in [6.07, 6.45) is 0.972. The number of rotatable bonds is 6. The second-order valence-corrected chi connectivity index (χ2v) is 10.7. The van der Waals surface area contributed by atoms with E-state index >= 15 is 0 Å². The van der Waals surface area contributed by atoms with Crippen molar-refractivity contribution >= 4 is 27.5 Å². The lowest BCUT2D eigenvalue weighted by Gasteiger charge is -2.31. The molecule has 1 fully saturated rings. The Balaban J connectivity index is 1.62. The molecule has 3 rings (SSSR count). The highest BCUT2D eigenvalue weighted by Crippen LogP contribution is 2.31. The lowest BCUT2D eigenvalue weighted by Crippen LogP contribution is -2.43. The van der Waals surface area contributed by atoms with E-state index in [0.29, 0.717) is 43.1 Å². The Morgan fingerprint density at radius 1 is 1.00 bits per heavy atom. The number of benzene rings is 2. The zero-order valence-electron chi connectivity index (χ0n) is 20.0. The number of nitrogens with zero attached hydrogens (tertiary/aromatic N) is 1. The lowest BCUT2D eigenvalue weighted by atomic mass is 9.97. The number of anilines is 1. The van der Waals surface area contributed by atoms with Crippen molar-refractivity contribution in [3.05, 3.63) is 58.1 Å². The fourth-order valence-corrected chi connectivity index (χ4v) is 6.40. The van der Waals surface area contributed by atoms with Crippen molar-refractivity contribution in [3.8, 4) is 0 Å². The number of hydrogen-bond acceptors (Lipinski definition) is 4. The fourth-order valence-electron chi connectivity index (χ4n) is 4.35. The minimum atomic E-state index is -3.62. The van der Waals surface area contributed by atoms with E-state index in [2.05, 4.69) is 10.6 Å². The molecule has 2 amide bonds. The van der Waals surface area contributed by atoms with Crippen molar-refractivity contribution in [1.29, 1.82) is 0 Å². The fraction of sp³-hybridized carbons (Fsp3) is 0.440. The maximum Gasteiger partial charge on any atom is 0.243 e. The second kappa shape index (κ2) is 10.1. The number of sulfonamides is 1. The van der Waals surface area contributed by atoms with Gasteiger partial charge in [0.25, 0.3) is 0 Å². The molecule has 2 aromatic carbocycles. The summed E-state index contributed by atoms with van der Waals surface area (Å²) in [7, 11) is -3.62. The van der Waals surface area contributed by atoms with Crippen LogP contribution in [-0.2, 0) is 26.2 Å². The highest BCUT2D eigenvalue weighted by molar-refractivity contribution is 7.89. The third kappa shape index (κ3) is 5.62. The summed E-state index contributed by atoms with van der Waals surface area (Å²) in [6.45, 7) is 10.0. The molecule has 0 bridgehead atoms. The van der Waals surface area contributed by atoms with Crippen molar-refractivity contribution in [3.63, 3.8) is 0 Å². The van der Waals surface area contributed by atoms with E-state index in [9.17, 15) is 18.0 Å². The van der Waals surface area contributed by atoms with Gasteiger partial charge in [-0.3, -0.25) is 9.59 Å². The first-order valence-corrected chi connectivity index (χ1v) is 12.7. The summed E-state index contributed by atoms with van der Waals surface area (Å²) in [4.78, 5) is 24.3. The van der Waals surface area contributed by atoms with Gasteiger partial charge in [0.05, 0.1) is 4.90 Å². The van der Waals surface area contributed by atoms with Gasteiger partial charge in [-0.2, -0.15) is 4.31 Å². The van der Waals surface area contributed by atoms with E-state index in [0.717, 1.165) is 27.8 Å². The molecule has 0 aliphatic carbocycles. The third-order valence-electron chi connectivity index (χ3n) is 6.43. The standard InChI is InChI=1S/C25H33N3O4S/c1-16-13-17(2)19(4)24(18(16)3)33(31,32)28-11-9-22(10-12-28)25(30)26-15-21-7-6-8-23(14-21)27-20(5)29/h6-8,13-14,22H,9-12,15H2,1-5H3,(H,26,30)(H,27,29). The van der Waals surface area contributed by atoms with Crippen LogP contribution in [0.25, 0.3) is 0 Å². The molecule has 1 aliphatic heterocycles. The zero-order valence-corrected chi connectivity index (χ0v) is 20.8. The van der Waals surface area contributed by atoms with Gasteiger partial charge in [0.1, 0.15) is 0 Å². The number of amides is 2. The molecule has 1 heterocycles. The summed E-state index contributed by atoms with van der Waals surface area (Å²) in [5.74, 6) is -0.448. The van der Waals surface area contributed by atoms with Gasteiger partial charge < -0.3 is 10.6 Å². The van der Waals surface area contributed by atoms with E-state index in [-0.39, 0.29) is 17.7 Å². The molecule has 178 valence electrons. The van der Waals surface area contributed by atoms with Gasteiger partial charge in [0.2, 0.25) is 21.8 Å². The molecule has 8 heteroatoms. The molecule has 1 aliphatic rings. The molecule has 7 nitrogen and oxygen atoms in total. The first-order chi connectivity index (χ1) is 15.5. The summed E-state index contributed by atoms with van der Waals surface area (Å²) in [6, 6.07) is 9.35. The first-order valence-electron chi connectivity index (χ1n) is 11.2. The van der Waals surface area contributed by atoms with Crippen molar-refractivity contribution in [2.45, 2.75) is 58.9 Å². The molecule has 2 N–H and O–H groups in total. The number of carbonyl (C=O) groups is 2. The summed E-state index contributed by atoms with van der Waals surface area (Å²) < 4.78 is 28.4. The molecule has 0 aromatic heterocycles. The Bertz CT molecular complexity index is 1140. The van der Waals surface area contributed by atoms with Gasteiger partial charge in [-0.05, 0) is 80.5 Å². The predicted octanol–water partition coefficient (Wildman–Crippen LogP) is 3.60. The van der Waals surface area contributed by atoms with Crippen LogP contribution in [0.1, 0.15) is 47.6 Å². The number of aryl methyl sites for hydroxylation is 2. The largest absolute Gasteiger partial charge is 0.352 e. The van der Waals surface area contributed by atoms with Gasteiger partial charge in [0.15, 0.2) is 0 Å². The van der Waals surface area contributed by atoms with Crippen LogP contribution in [0, 0.1) is 33.6 Å². The Morgan fingerprint density at radius 2 is 1.61 bits per heavy atom. The summed E-state index contributed by atoms with van der Waals surface area (Å²) >= 11 is 0. The summed E-state index contributed by atoms with van der Waals surface area (Å²) in [5, 5.41) is 5.68. The number of nitrogens with one attached hydrogen (secondary N) is 2. The van der Waals surface area contributed by atoms with Crippen LogP contribution in [-0.4, -0.2) is 37.6 Å². The average molecular weight is 472 g/mol. The molecule has 2 aromatic rings. The Kier molecular flexibility index (Phi) is 7.59. The normalized spacial score (nSPS) is 15.3. The molecule has 0 saturated carbocycles. The van der Waals surface area contributed by atoms with Crippen LogP contribution in [0.2, 0.25) is 0 Å². The highest BCUT2D eigenvalue weighted by Gasteiger charge is 2.34. The van der Waals surface area contributed by atoms with Crippen LogP contribution in [0.15, 0.2) is 35.2 Å². The molecule has 33 heavy (non-hydrogen) atoms. The Labute approximate surface area is 196 Å².